The van der Waals surface area contributed by atoms with Gasteiger partial charge < -0.3 is 4.57 Å². The van der Waals surface area contributed by atoms with Crippen molar-refractivity contribution in [3.63, 3.8) is 0 Å². The van der Waals surface area contributed by atoms with E-state index < -0.39 is 0 Å². The Morgan fingerprint density at radius 1 is 1.40 bits per heavy atom. The minimum Gasteiger partial charge on any atom is -0.321 e. The second-order valence-electron chi connectivity index (χ2n) is 4.83. The quantitative estimate of drug-likeness (QED) is 0.630. The van der Waals surface area contributed by atoms with E-state index in [9.17, 15) is 4.39 Å². The number of hydrogen-bond donors (Lipinski definition) is 0. The topological polar surface area (TPSA) is 17.8 Å². The largest absolute Gasteiger partial charge is 0.321 e. The third-order valence-corrected chi connectivity index (χ3v) is 4.57. The highest BCUT2D eigenvalue weighted by molar-refractivity contribution is 7.10. The molecule has 0 fully saturated rings. The van der Waals surface area contributed by atoms with Crippen LogP contribution in [0.5, 0.6) is 0 Å². The Morgan fingerprint density at radius 2 is 2.20 bits per heavy atom. The summed E-state index contributed by atoms with van der Waals surface area (Å²) in [5.41, 5.74) is 2.83. The van der Waals surface area contributed by atoms with Crippen molar-refractivity contribution in [1.82, 2.24) is 9.55 Å². The van der Waals surface area contributed by atoms with Crippen LogP contribution in [0.1, 0.15) is 28.6 Å². The van der Waals surface area contributed by atoms with Crippen LogP contribution in [0.4, 0.5) is 4.39 Å². The molecular weight excluding hydrogens is 295 g/mol. The van der Waals surface area contributed by atoms with Crippen LogP contribution in [0, 0.1) is 12.7 Å². The van der Waals surface area contributed by atoms with Gasteiger partial charge in [-0.15, -0.1) is 22.9 Å². The molecule has 0 bridgehead atoms. The molecule has 1 atom stereocenters. The number of hydrogen-bond acceptors (Lipinski definition) is 2. The predicted octanol–water partition coefficient (Wildman–Crippen LogP) is 4.89. The normalized spacial score (nSPS) is 13.0. The molecule has 2 nitrogen and oxygen atoms in total. The summed E-state index contributed by atoms with van der Waals surface area (Å²) < 4.78 is 15.4. The Bertz CT molecular complexity index is 760. The van der Waals surface area contributed by atoms with Crippen LogP contribution < -0.4 is 0 Å². The number of rotatable bonds is 3. The number of imidazole rings is 1. The van der Waals surface area contributed by atoms with Crippen molar-refractivity contribution in [1.29, 1.82) is 0 Å². The van der Waals surface area contributed by atoms with Gasteiger partial charge in [-0.3, -0.25) is 0 Å². The average Bonchev–Trinajstić information content (AvgIpc) is 2.95. The van der Waals surface area contributed by atoms with E-state index >= 15 is 0 Å². The second-order valence-corrected chi connectivity index (χ2v) is 6.49. The number of benzene rings is 1. The van der Waals surface area contributed by atoms with Crippen LogP contribution >= 0.6 is 22.9 Å². The molecule has 0 spiro atoms. The molecule has 1 aromatic carbocycles. The van der Waals surface area contributed by atoms with Crippen molar-refractivity contribution in [2.24, 2.45) is 0 Å². The van der Waals surface area contributed by atoms with E-state index in [0.29, 0.717) is 5.52 Å². The van der Waals surface area contributed by atoms with Gasteiger partial charge in [-0.25, -0.2) is 9.37 Å². The molecule has 2 heterocycles. The van der Waals surface area contributed by atoms with Crippen LogP contribution in [0.15, 0.2) is 29.6 Å². The Balaban J connectivity index is 2.16. The zero-order valence-corrected chi connectivity index (χ0v) is 12.8. The Kier molecular flexibility index (Phi) is 3.52. The molecule has 0 aliphatic carbocycles. The minimum absolute atomic E-state index is 0.217. The molecule has 0 saturated carbocycles. The van der Waals surface area contributed by atoms with E-state index in [1.54, 1.807) is 17.4 Å². The van der Waals surface area contributed by atoms with E-state index in [1.807, 2.05) is 6.92 Å². The fourth-order valence-corrected chi connectivity index (χ4v) is 3.36. The summed E-state index contributed by atoms with van der Waals surface area (Å²) in [6.07, 6.45) is 0. The molecule has 3 aromatic rings. The number of aryl methyl sites for hydroxylation is 1. The maximum atomic E-state index is 13.3. The summed E-state index contributed by atoms with van der Waals surface area (Å²) in [7, 11) is 0. The first-order chi connectivity index (χ1) is 9.56. The lowest BCUT2D eigenvalue weighted by Gasteiger charge is -2.10. The Labute approximate surface area is 125 Å². The summed E-state index contributed by atoms with van der Waals surface area (Å²) in [6.45, 7) is 4.70. The van der Waals surface area contributed by atoms with Gasteiger partial charge >= 0.3 is 0 Å². The molecule has 0 N–H and O–H groups in total. The van der Waals surface area contributed by atoms with Gasteiger partial charge in [0, 0.05) is 10.9 Å². The van der Waals surface area contributed by atoms with Crippen LogP contribution in [0.25, 0.3) is 11.0 Å². The highest BCUT2D eigenvalue weighted by Crippen LogP contribution is 2.27. The monoisotopic (exact) mass is 308 g/mol. The minimum atomic E-state index is -0.275. The van der Waals surface area contributed by atoms with Crippen molar-refractivity contribution in [2.75, 3.05) is 0 Å². The number of fused-ring (bicyclic) bond motifs is 1. The number of alkyl halides is 1. The molecule has 1 unspecified atom stereocenters. The van der Waals surface area contributed by atoms with Crippen molar-refractivity contribution in [3.05, 3.63) is 51.7 Å². The van der Waals surface area contributed by atoms with Crippen molar-refractivity contribution < 1.29 is 4.39 Å². The van der Waals surface area contributed by atoms with Gasteiger partial charge in [0.2, 0.25) is 0 Å². The summed E-state index contributed by atoms with van der Waals surface area (Å²) >= 11 is 7.94. The van der Waals surface area contributed by atoms with Gasteiger partial charge in [0.05, 0.1) is 23.0 Å². The first kappa shape index (κ1) is 13.6. The lowest BCUT2D eigenvalue weighted by Crippen LogP contribution is -2.05. The van der Waals surface area contributed by atoms with E-state index in [2.05, 4.69) is 27.9 Å². The van der Waals surface area contributed by atoms with E-state index in [0.717, 1.165) is 17.9 Å². The zero-order chi connectivity index (χ0) is 14.3. The van der Waals surface area contributed by atoms with Crippen LogP contribution in [-0.4, -0.2) is 9.55 Å². The molecule has 104 valence electrons. The van der Waals surface area contributed by atoms with E-state index in [-0.39, 0.29) is 11.2 Å². The fraction of sp³-hybridized carbons (Fsp3) is 0.267. The highest BCUT2D eigenvalue weighted by Gasteiger charge is 2.16. The highest BCUT2D eigenvalue weighted by atomic mass is 35.5. The molecular formula is C15H14ClFN2S. The molecule has 0 aliphatic heterocycles. The summed E-state index contributed by atoms with van der Waals surface area (Å²) in [6, 6.07) is 6.78. The maximum absolute atomic E-state index is 13.3. The van der Waals surface area contributed by atoms with Gasteiger partial charge in [-0.2, -0.15) is 0 Å². The first-order valence-corrected chi connectivity index (χ1v) is 7.70. The van der Waals surface area contributed by atoms with Gasteiger partial charge in [-0.1, -0.05) is 0 Å². The third-order valence-electron chi connectivity index (χ3n) is 3.37. The SMILES string of the molecule is Cc1ccsc1Cn1c(C(C)Cl)nc2cc(F)ccc21. The smallest absolute Gasteiger partial charge is 0.128 e. The second kappa shape index (κ2) is 5.19. The molecule has 0 radical (unpaired) electrons. The summed E-state index contributed by atoms with van der Waals surface area (Å²) in [5.74, 6) is 0.503. The van der Waals surface area contributed by atoms with E-state index in [1.165, 1.54) is 22.6 Å². The molecule has 20 heavy (non-hydrogen) atoms. The van der Waals surface area contributed by atoms with Crippen LogP contribution in [0.3, 0.4) is 0 Å². The molecule has 2 aromatic heterocycles. The Hall–Kier alpha value is -1.39. The molecule has 3 rings (SSSR count). The number of aromatic nitrogens is 2. The van der Waals surface area contributed by atoms with Crippen LogP contribution in [-0.2, 0) is 6.54 Å². The molecule has 0 aliphatic rings. The standard InChI is InChI=1S/C15H14ClFN2S/c1-9-5-6-20-14(9)8-19-13-4-3-11(17)7-12(13)18-15(19)10(2)16/h3-7,10H,8H2,1-2H3. The zero-order valence-electron chi connectivity index (χ0n) is 11.2. The molecule has 0 amide bonds. The fourth-order valence-electron chi connectivity index (χ4n) is 2.30. The van der Waals surface area contributed by atoms with Gasteiger partial charge in [0.25, 0.3) is 0 Å². The van der Waals surface area contributed by atoms with Crippen LogP contribution in [0.2, 0.25) is 0 Å². The van der Waals surface area contributed by atoms with Gasteiger partial charge in [0.15, 0.2) is 0 Å². The summed E-state index contributed by atoms with van der Waals surface area (Å²) in [4.78, 5) is 5.75. The molecule has 5 heteroatoms. The number of thiophene rings is 1. The van der Waals surface area contributed by atoms with Crippen molar-refractivity contribution >= 4 is 34.0 Å². The number of halogens is 2. The van der Waals surface area contributed by atoms with Crippen molar-refractivity contribution in [2.45, 2.75) is 25.8 Å². The first-order valence-electron chi connectivity index (χ1n) is 6.39. The maximum Gasteiger partial charge on any atom is 0.128 e. The average molecular weight is 309 g/mol. The van der Waals surface area contributed by atoms with E-state index in [4.69, 9.17) is 11.6 Å². The lowest BCUT2D eigenvalue weighted by molar-refractivity contribution is 0.629. The Morgan fingerprint density at radius 3 is 2.85 bits per heavy atom. The van der Waals surface area contributed by atoms with Crippen molar-refractivity contribution in [3.8, 4) is 0 Å². The number of nitrogens with zero attached hydrogens (tertiary/aromatic N) is 2. The predicted molar refractivity (Wildman–Crippen MR) is 82.1 cm³/mol. The van der Waals surface area contributed by atoms with Gasteiger partial charge in [-0.05, 0) is 43.0 Å². The third kappa shape index (κ3) is 2.34. The summed E-state index contributed by atoms with van der Waals surface area (Å²) in [5, 5.41) is 1.86. The molecule has 0 saturated heterocycles. The lowest BCUT2D eigenvalue weighted by atomic mass is 10.2. The van der Waals surface area contributed by atoms with Gasteiger partial charge in [0.1, 0.15) is 11.6 Å².